The van der Waals surface area contributed by atoms with Crippen molar-refractivity contribution < 1.29 is 19.7 Å². The van der Waals surface area contributed by atoms with E-state index in [1.807, 2.05) is 0 Å². The van der Waals surface area contributed by atoms with Crippen LogP contribution in [0.5, 0.6) is 0 Å². The van der Waals surface area contributed by atoms with Gasteiger partial charge in [0.05, 0.1) is 21.6 Å². The van der Waals surface area contributed by atoms with Gasteiger partial charge < -0.3 is 9.31 Å². The largest absolute Gasteiger partial charge is 0.494 e. The van der Waals surface area contributed by atoms with Crippen molar-refractivity contribution in [2.75, 3.05) is 0 Å². The summed E-state index contributed by atoms with van der Waals surface area (Å²) in [4.78, 5) is 10.0. The van der Waals surface area contributed by atoms with Crippen molar-refractivity contribution in [3.63, 3.8) is 0 Å². The molecule has 1 aliphatic heterocycles. The molecule has 96 valence electrons. The van der Waals surface area contributed by atoms with E-state index < -0.39 is 53.1 Å². The Balaban J connectivity index is 2.62. The van der Waals surface area contributed by atoms with E-state index in [1.54, 1.807) is 27.7 Å². The molecule has 0 atom stereocenters. The lowest BCUT2D eigenvalue weighted by Crippen LogP contribution is -2.41. The minimum Gasteiger partial charge on any atom is -0.399 e. The van der Waals surface area contributed by atoms with Crippen LogP contribution >= 0.6 is 0 Å². The van der Waals surface area contributed by atoms with Gasteiger partial charge in [-0.15, -0.1) is 0 Å². The predicted molar refractivity (Wildman–Crippen MR) is 68.8 cm³/mol. The van der Waals surface area contributed by atoms with Crippen LogP contribution in [0.3, 0.4) is 0 Å². The Bertz CT molecular complexity index is 620. The molecule has 0 bridgehead atoms. The van der Waals surface area contributed by atoms with Crippen LogP contribution in [0.1, 0.15) is 33.2 Å². The standard InChI is InChI=1S/C12H16BNO4/c1-11(2)12(3,4)18-13(17-11)9-5-7-10(8-6-9)14(15)16/h5-8H,1-4H3/i5D,6D,7D,8D. The van der Waals surface area contributed by atoms with Gasteiger partial charge in [0.15, 0.2) is 0 Å². The van der Waals surface area contributed by atoms with Gasteiger partial charge in [-0.05, 0) is 33.2 Å². The van der Waals surface area contributed by atoms with Crippen LogP contribution in [0.4, 0.5) is 5.69 Å². The summed E-state index contributed by atoms with van der Waals surface area (Å²) in [6, 6.07) is -2.47. The molecule has 5 nitrogen and oxygen atoms in total. The Hall–Kier alpha value is -1.40. The topological polar surface area (TPSA) is 61.6 Å². The third kappa shape index (κ3) is 2.13. The molecular weight excluding hydrogens is 233 g/mol. The van der Waals surface area contributed by atoms with Gasteiger partial charge in [-0.25, -0.2) is 0 Å². The van der Waals surface area contributed by atoms with Crippen LogP contribution in [0.15, 0.2) is 24.2 Å². The molecule has 0 saturated carbocycles. The highest BCUT2D eigenvalue weighted by Crippen LogP contribution is 2.36. The third-order valence-corrected chi connectivity index (χ3v) is 3.30. The molecule has 0 radical (unpaired) electrons. The molecule has 0 N–H and O–H groups in total. The van der Waals surface area contributed by atoms with E-state index in [1.165, 1.54) is 0 Å². The maximum Gasteiger partial charge on any atom is 0.494 e. The summed E-state index contributed by atoms with van der Waals surface area (Å²) < 4.78 is 42.8. The first-order valence-electron chi connectivity index (χ1n) is 7.51. The average Bonchev–Trinajstić information content (AvgIpc) is 2.56. The number of nitrogens with zero attached hydrogens (tertiary/aromatic N) is 1. The van der Waals surface area contributed by atoms with E-state index in [-0.39, 0.29) is 5.46 Å². The van der Waals surface area contributed by atoms with Crippen molar-refractivity contribution in [3.8, 4) is 0 Å². The molecule has 0 unspecified atom stereocenters. The summed E-state index contributed by atoms with van der Waals surface area (Å²) in [5, 5.41) is 10.9. The predicted octanol–water partition coefficient (Wildman–Crippen LogP) is 1.89. The molecule has 6 heteroatoms. The van der Waals surface area contributed by atoms with Crippen molar-refractivity contribution in [2.24, 2.45) is 0 Å². The van der Waals surface area contributed by atoms with E-state index in [0.717, 1.165) is 0 Å². The maximum absolute atomic E-state index is 10.9. The van der Waals surface area contributed by atoms with Gasteiger partial charge in [0.2, 0.25) is 0 Å². The summed E-state index contributed by atoms with van der Waals surface area (Å²) in [7, 11) is -1.11. The van der Waals surface area contributed by atoms with E-state index in [4.69, 9.17) is 14.8 Å². The quantitative estimate of drug-likeness (QED) is 0.458. The second kappa shape index (κ2) is 4.07. The highest BCUT2D eigenvalue weighted by molar-refractivity contribution is 6.62. The normalized spacial score (nSPS) is 24.1. The minimum absolute atomic E-state index is 0.126. The first-order valence-corrected chi connectivity index (χ1v) is 5.51. The van der Waals surface area contributed by atoms with Gasteiger partial charge in [0, 0.05) is 12.1 Å². The van der Waals surface area contributed by atoms with Gasteiger partial charge in [-0.2, -0.15) is 0 Å². The fraction of sp³-hybridized carbons (Fsp3) is 0.500. The summed E-state index contributed by atoms with van der Waals surface area (Å²) in [6.45, 7) is 7.15. The average molecular weight is 253 g/mol. The first-order chi connectivity index (χ1) is 9.90. The molecule has 1 fully saturated rings. The Kier molecular flexibility index (Phi) is 1.96. The van der Waals surface area contributed by atoms with Crippen LogP contribution < -0.4 is 5.46 Å². The zero-order chi connectivity index (χ0) is 17.0. The molecule has 1 aromatic carbocycles. The van der Waals surface area contributed by atoms with Gasteiger partial charge in [-0.3, -0.25) is 10.1 Å². The summed E-state index contributed by atoms with van der Waals surface area (Å²) in [5.41, 5.74) is -2.42. The van der Waals surface area contributed by atoms with Gasteiger partial charge in [0.25, 0.3) is 5.69 Å². The number of hydrogen-bond donors (Lipinski definition) is 0. The monoisotopic (exact) mass is 253 g/mol. The van der Waals surface area contributed by atoms with Crippen LogP contribution in [0, 0.1) is 10.1 Å². The van der Waals surface area contributed by atoms with Gasteiger partial charge >= 0.3 is 7.12 Å². The van der Waals surface area contributed by atoms with E-state index in [9.17, 15) is 10.1 Å². The van der Waals surface area contributed by atoms with Crippen LogP contribution in [-0.2, 0) is 9.31 Å². The molecule has 1 heterocycles. The molecule has 0 aliphatic carbocycles. The molecular formula is C12H16BNO4. The number of hydrogen-bond acceptors (Lipinski definition) is 4. The Morgan fingerprint density at radius 2 is 1.61 bits per heavy atom. The van der Waals surface area contributed by atoms with E-state index in [0.29, 0.717) is 0 Å². The van der Waals surface area contributed by atoms with Gasteiger partial charge in [-0.1, -0.05) is 12.1 Å². The van der Waals surface area contributed by atoms with E-state index >= 15 is 0 Å². The molecule has 0 spiro atoms. The highest BCUT2D eigenvalue weighted by Gasteiger charge is 2.51. The zero-order valence-electron chi connectivity index (χ0n) is 14.7. The number of benzene rings is 1. The molecule has 0 aromatic heterocycles. The van der Waals surface area contributed by atoms with Crippen molar-refractivity contribution in [3.05, 3.63) is 34.3 Å². The van der Waals surface area contributed by atoms with Crippen molar-refractivity contribution in [1.82, 2.24) is 0 Å². The molecule has 18 heavy (non-hydrogen) atoms. The molecule has 2 rings (SSSR count). The maximum atomic E-state index is 10.9. The van der Waals surface area contributed by atoms with E-state index in [2.05, 4.69) is 0 Å². The second-order valence-corrected chi connectivity index (χ2v) is 5.11. The van der Waals surface area contributed by atoms with Crippen molar-refractivity contribution >= 4 is 18.3 Å². The number of nitro benzene ring substituents is 1. The summed E-state index contributed by atoms with van der Waals surface area (Å²) >= 11 is 0. The summed E-state index contributed by atoms with van der Waals surface area (Å²) in [5.74, 6) is 0. The van der Waals surface area contributed by atoms with Crippen molar-refractivity contribution in [2.45, 2.75) is 38.9 Å². The van der Waals surface area contributed by atoms with Crippen LogP contribution in [0.2, 0.25) is 0 Å². The lowest BCUT2D eigenvalue weighted by atomic mass is 9.79. The fourth-order valence-electron chi connectivity index (χ4n) is 1.49. The van der Waals surface area contributed by atoms with Crippen LogP contribution in [-0.4, -0.2) is 23.2 Å². The lowest BCUT2D eigenvalue weighted by molar-refractivity contribution is -0.384. The number of nitro groups is 1. The Morgan fingerprint density at radius 1 is 1.17 bits per heavy atom. The molecule has 0 amide bonds. The second-order valence-electron chi connectivity index (χ2n) is 5.11. The molecule has 1 saturated heterocycles. The minimum atomic E-state index is -1.11. The summed E-state index contributed by atoms with van der Waals surface area (Å²) in [6.07, 6.45) is 0. The smallest absolute Gasteiger partial charge is 0.399 e. The van der Waals surface area contributed by atoms with Crippen LogP contribution in [0.25, 0.3) is 0 Å². The third-order valence-electron chi connectivity index (χ3n) is 3.30. The molecule has 1 aromatic rings. The Labute approximate surface area is 112 Å². The first kappa shape index (κ1) is 8.66. The molecule has 1 aliphatic rings. The van der Waals surface area contributed by atoms with Gasteiger partial charge in [0.1, 0.15) is 0 Å². The lowest BCUT2D eigenvalue weighted by Gasteiger charge is -2.32. The fourth-order valence-corrected chi connectivity index (χ4v) is 1.49. The van der Waals surface area contributed by atoms with Crippen molar-refractivity contribution in [1.29, 1.82) is 0 Å². The SMILES string of the molecule is [2H]c1c([2H])c([N+](=O)[O-])c([2H])c([2H])c1B1OC(C)(C)C(C)(C)O1. The highest BCUT2D eigenvalue weighted by atomic mass is 16.7. The number of rotatable bonds is 2. The Morgan fingerprint density at radius 3 is 2.00 bits per heavy atom. The zero-order valence-corrected chi connectivity index (χ0v) is 10.7.